The zero-order valence-electron chi connectivity index (χ0n) is 9.12. The van der Waals surface area contributed by atoms with E-state index in [1.54, 1.807) is 0 Å². The lowest BCUT2D eigenvalue weighted by Crippen LogP contribution is -2.25. The van der Waals surface area contributed by atoms with Crippen LogP contribution in [0.2, 0.25) is 0 Å². The lowest BCUT2D eigenvalue weighted by molar-refractivity contribution is -0.274. The Kier molecular flexibility index (Phi) is 3.95. The smallest absolute Gasteiger partial charge is 0.406 e. The van der Waals surface area contributed by atoms with Crippen LogP contribution >= 0.6 is 0 Å². The molecule has 0 unspecified atom stereocenters. The number of rotatable bonds is 3. The number of hydrogen-bond donors (Lipinski definition) is 0. The van der Waals surface area contributed by atoms with E-state index in [0.717, 1.165) is 17.2 Å². The van der Waals surface area contributed by atoms with Gasteiger partial charge in [0.15, 0.2) is 0 Å². The van der Waals surface area contributed by atoms with Crippen LogP contribution in [0.4, 0.5) is 13.2 Å². The fourth-order valence-corrected chi connectivity index (χ4v) is 1.06. The number of alkyl halides is 3. The first kappa shape index (κ1) is 13.3. The third kappa shape index (κ3) is 3.95. The summed E-state index contributed by atoms with van der Waals surface area (Å²) in [7, 11) is 2.70. The van der Waals surface area contributed by atoms with Gasteiger partial charge in [-0.3, -0.25) is 9.63 Å². The molecule has 0 aromatic heterocycles. The summed E-state index contributed by atoms with van der Waals surface area (Å²) in [6.45, 7) is 0. The number of carbonyl (C=O) groups is 1. The Hall–Kier alpha value is -1.76. The number of benzene rings is 1. The van der Waals surface area contributed by atoms with Gasteiger partial charge >= 0.3 is 6.36 Å². The highest BCUT2D eigenvalue weighted by Crippen LogP contribution is 2.22. The number of hydrogen-bond acceptors (Lipinski definition) is 3. The van der Waals surface area contributed by atoms with E-state index in [9.17, 15) is 18.0 Å². The molecule has 4 nitrogen and oxygen atoms in total. The van der Waals surface area contributed by atoms with Gasteiger partial charge in [-0.05, 0) is 24.3 Å². The van der Waals surface area contributed by atoms with E-state index in [-0.39, 0.29) is 11.3 Å². The van der Waals surface area contributed by atoms with Gasteiger partial charge in [0.25, 0.3) is 5.91 Å². The molecule has 0 saturated heterocycles. The molecule has 0 fully saturated rings. The monoisotopic (exact) mass is 251 g/mol. The number of ether oxygens (including phenoxy) is 1. The molecule has 17 heavy (non-hydrogen) atoms. The predicted octanol–water partition coefficient (Wildman–Crippen LogP) is 2.22. The minimum Gasteiger partial charge on any atom is -0.406 e. The molecule has 0 spiro atoms. The summed E-state index contributed by atoms with van der Waals surface area (Å²) < 4.78 is 39.3. The molecule has 0 radical (unpaired) electrons. The predicted molar refractivity (Wildman–Crippen MR) is 52.2 cm³/mol. The van der Waals surface area contributed by atoms with Crippen molar-refractivity contribution in [3.8, 4) is 5.75 Å². The summed E-state index contributed by atoms with van der Waals surface area (Å²) in [5.74, 6) is -0.847. The molecular weight excluding hydrogens is 241 g/mol. The van der Waals surface area contributed by atoms with E-state index < -0.39 is 12.3 Å². The van der Waals surface area contributed by atoms with Gasteiger partial charge in [0.2, 0.25) is 0 Å². The van der Waals surface area contributed by atoms with Gasteiger partial charge in [0.1, 0.15) is 5.75 Å². The summed E-state index contributed by atoms with van der Waals surface area (Å²) in [4.78, 5) is 16.2. The molecule has 0 aliphatic carbocycles. The largest absolute Gasteiger partial charge is 0.573 e. The average molecular weight is 251 g/mol. The maximum atomic E-state index is 11.9. The van der Waals surface area contributed by atoms with Crippen molar-refractivity contribution in [1.29, 1.82) is 0 Å². The van der Waals surface area contributed by atoms with E-state index in [1.165, 1.54) is 26.3 Å². The van der Waals surface area contributed by atoms with Crippen LogP contribution in [0.1, 0.15) is 10.4 Å². The highest BCUT2D eigenvalue weighted by molar-refractivity contribution is 5.93. The molecule has 7 heteroatoms. The molecule has 0 aliphatic rings. The van der Waals surface area contributed by atoms with Crippen LogP contribution in [-0.2, 0) is 4.84 Å². The van der Waals surface area contributed by atoms with Gasteiger partial charge in [0.05, 0.1) is 7.11 Å². The van der Waals surface area contributed by atoms with Crippen LogP contribution in [0.15, 0.2) is 24.3 Å². The summed E-state index contributed by atoms with van der Waals surface area (Å²) >= 11 is 0. The molecule has 0 saturated carbocycles. The van der Waals surface area contributed by atoms with Crippen molar-refractivity contribution < 1.29 is 27.5 Å². The molecule has 0 atom stereocenters. The van der Waals surface area contributed by atoms with Crippen molar-refractivity contribution in [3.05, 3.63) is 29.8 Å². The van der Waals surface area contributed by atoms with E-state index in [1.807, 2.05) is 0 Å². The Morgan fingerprint density at radius 2 is 1.76 bits per heavy atom. The first-order valence-electron chi connectivity index (χ1n) is 4.51. The molecule has 0 heterocycles. The summed E-state index contributed by atoms with van der Waals surface area (Å²) in [5, 5.41) is 0.958. The van der Waals surface area contributed by atoms with Crippen LogP contribution in [0.3, 0.4) is 0 Å². The highest BCUT2D eigenvalue weighted by Gasteiger charge is 2.31. The minimum atomic E-state index is -4.74. The van der Waals surface area contributed by atoms with E-state index in [4.69, 9.17) is 0 Å². The van der Waals surface area contributed by atoms with Gasteiger partial charge in [-0.2, -0.15) is 0 Å². The van der Waals surface area contributed by atoms with Crippen molar-refractivity contribution in [1.82, 2.24) is 5.06 Å². The molecule has 1 rings (SSSR count). The first-order chi connectivity index (χ1) is 7.83. The average Bonchev–Trinajstić information content (AvgIpc) is 2.26. The van der Waals surface area contributed by atoms with Crippen LogP contribution in [0.25, 0.3) is 0 Å². The number of halogens is 3. The van der Waals surface area contributed by atoms with Crippen molar-refractivity contribution >= 4 is 5.91 Å². The lowest BCUT2D eigenvalue weighted by Gasteiger charge is -2.14. The van der Waals surface area contributed by atoms with E-state index in [0.29, 0.717) is 0 Å². The molecule has 94 valence electrons. The Bertz CT molecular complexity index is 389. The third-order valence-electron chi connectivity index (χ3n) is 1.89. The SMILES string of the molecule is CON(C)[14C](=O)c1ccc(OC(F)(F)F)cc1. The van der Waals surface area contributed by atoms with Crippen molar-refractivity contribution in [2.75, 3.05) is 14.2 Å². The second kappa shape index (κ2) is 5.05. The zero-order chi connectivity index (χ0) is 13.1. The van der Waals surface area contributed by atoms with Gasteiger partial charge in [-0.1, -0.05) is 0 Å². The fraction of sp³-hybridized carbons (Fsp3) is 0.300. The topological polar surface area (TPSA) is 38.8 Å². The van der Waals surface area contributed by atoms with E-state index >= 15 is 0 Å². The molecular formula is C10H10F3NO3. The Balaban J connectivity index is 2.78. The first-order valence-corrected chi connectivity index (χ1v) is 4.51. The van der Waals surface area contributed by atoms with Crippen molar-refractivity contribution in [2.45, 2.75) is 6.36 Å². The normalized spacial score (nSPS) is 11.1. The second-order valence-electron chi connectivity index (χ2n) is 3.06. The van der Waals surface area contributed by atoms with Gasteiger partial charge in [-0.25, -0.2) is 5.06 Å². The maximum Gasteiger partial charge on any atom is 0.573 e. The van der Waals surface area contributed by atoms with Gasteiger partial charge < -0.3 is 4.74 Å². The Morgan fingerprint density at radius 1 is 1.24 bits per heavy atom. The van der Waals surface area contributed by atoms with E-state index in [2.05, 4.69) is 9.57 Å². The maximum absolute atomic E-state index is 11.9. The molecule has 1 amide bonds. The van der Waals surface area contributed by atoms with Gasteiger partial charge in [-0.15, -0.1) is 13.2 Å². The molecule has 0 bridgehead atoms. The number of amides is 1. The quantitative estimate of drug-likeness (QED) is 0.773. The Labute approximate surface area is 95.5 Å². The third-order valence-corrected chi connectivity index (χ3v) is 1.89. The molecule has 1 aromatic rings. The number of carbonyl (C=O) groups excluding carboxylic acids is 1. The molecule has 0 N–H and O–H groups in total. The standard InChI is InChI=1S/C10H10F3NO3/c1-14(16-2)9(15)7-3-5-8(6-4-7)17-10(11,12)13/h3-6H,1-2H3/i9+2. The van der Waals surface area contributed by atoms with Crippen molar-refractivity contribution in [2.24, 2.45) is 0 Å². The van der Waals surface area contributed by atoms with Crippen LogP contribution in [0.5, 0.6) is 5.75 Å². The molecule has 0 aliphatic heterocycles. The number of hydroxylamine groups is 2. The zero-order valence-corrected chi connectivity index (χ0v) is 9.12. The van der Waals surface area contributed by atoms with Crippen LogP contribution < -0.4 is 4.74 Å². The summed E-state index contributed by atoms with van der Waals surface area (Å²) in [5.41, 5.74) is 0.198. The van der Waals surface area contributed by atoms with Gasteiger partial charge in [0, 0.05) is 12.6 Å². The molecule has 1 aromatic carbocycles. The van der Waals surface area contributed by atoms with Crippen molar-refractivity contribution in [3.63, 3.8) is 0 Å². The minimum absolute atomic E-state index is 0.198. The highest BCUT2D eigenvalue weighted by atomic mass is 19.4. The fourth-order valence-electron chi connectivity index (χ4n) is 1.06. The van der Waals surface area contributed by atoms with Crippen LogP contribution in [0, 0.1) is 0 Å². The lowest BCUT2D eigenvalue weighted by atomic mass is 10.3. The Morgan fingerprint density at radius 3 is 2.18 bits per heavy atom. The number of nitrogens with zero attached hydrogens (tertiary/aromatic N) is 1. The van der Waals surface area contributed by atoms with Crippen LogP contribution in [-0.4, -0.2) is 31.5 Å². The summed E-state index contributed by atoms with van der Waals surface area (Å²) in [6.07, 6.45) is -4.74. The summed E-state index contributed by atoms with van der Waals surface area (Å²) in [6, 6.07) is 4.56. The second-order valence-corrected chi connectivity index (χ2v) is 3.06.